The maximum Gasteiger partial charge on any atom is 0.524 e. The van der Waals surface area contributed by atoms with Gasteiger partial charge in [-0.1, -0.05) is 128 Å². The Morgan fingerprint density at radius 1 is 0.638 bits per heavy atom. The maximum absolute atomic E-state index is 16.8. The van der Waals surface area contributed by atoms with E-state index in [0.29, 0.717) is 5.02 Å². The molecule has 0 radical (unpaired) electrons. The number of carboxylic acids is 1. The molecule has 141 heavy (non-hydrogen) atoms. The highest BCUT2D eigenvalue weighted by Crippen LogP contribution is 2.51. The van der Waals surface area contributed by atoms with Crippen LogP contribution in [-0.2, 0) is 84.5 Å². The van der Waals surface area contributed by atoms with Crippen molar-refractivity contribution in [3.8, 4) is 62.5 Å². The van der Waals surface area contributed by atoms with Gasteiger partial charge in [-0.3, -0.25) is 48.2 Å². The van der Waals surface area contributed by atoms with Crippen LogP contribution in [0.3, 0.4) is 0 Å². The molecule has 8 heterocycles. The molecule has 16 rings (SSSR count). The fourth-order valence-corrected chi connectivity index (χ4v) is 18.5. The van der Waals surface area contributed by atoms with Crippen LogP contribution < -0.4 is 67.4 Å². The molecule has 8 aromatic rings. The Morgan fingerprint density at radius 3 is 1.83 bits per heavy atom. The summed E-state index contributed by atoms with van der Waals surface area (Å²) in [4.78, 5) is 157. The number of nitrogens with two attached hydrogens (primary N) is 2. The lowest BCUT2D eigenvalue weighted by molar-refractivity contribution is -0.334. The average Bonchev–Trinajstić information content (AvgIpc) is 0.758. The third-order valence-corrected chi connectivity index (χ3v) is 26.4. The van der Waals surface area contributed by atoms with Crippen LogP contribution in [-0.4, -0.2) is 236 Å². The summed E-state index contributed by atoms with van der Waals surface area (Å²) < 4.78 is 74.8. The molecule has 0 saturated carbocycles. The molecule has 11 bridgehead atoms. The van der Waals surface area contributed by atoms with E-state index in [9.17, 15) is 79.8 Å². The molecule has 754 valence electrons. The lowest BCUT2D eigenvalue weighted by Gasteiger charge is -2.48. The summed E-state index contributed by atoms with van der Waals surface area (Å²) in [6, 6.07) is 19.7. The van der Waals surface area contributed by atoms with Gasteiger partial charge in [-0.05, 0) is 180 Å². The summed E-state index contributed by atoms with van der Waals surface area (Å²) in [5.74, 6) is -15.9. The van der Waals surface area contributed by atoms with E-state index < -0.39 is 288 Å². The van der Waals surface area contributed by atoms with E-state index in [4.69, 9.17) is 88.9 Å². The number of aliphatic carboxylic acids is 1. The summed E-state index contributed by atoms with van der Waals surface area (Å²) in [5, 5.41) is 135. The number of amides is 8. The number of fused-ring (bicyclic) bond motifs is 15. The number of ether oxygens (including phenoxy) is 9. The molecule has 22 atom stereocenters. The number of phosphoric acid groups is 1. The number of nitrogens with one attached hydrogen (secondary N) is 7. The molecule has 0 aromatic heterocycles. The number of phenolic OH excluding ortho intramolecular Hbond substituents is 1. The number of aliphatic hydroxyl groups excluding tert-OH is 7. The van der Waals surface area contributed by atoms with Crippen molar-refractivity contribution in [3.05, 3.63) is 217 Å². The van der Waals surface area contributed by atoms with Gasteiger partial charge in [-0.2, -0.15) is 0 Å². The lowest BCUT2D eigenvalue weighted by atomic mass is 9.84. The van der Waals surface area contributed by atoms with Gasteiger partial charge in [0.05, 0.1) is 47.5 Å². The molecule has 8 amide bonds. The van der Waals surface area contributed by atoms with Crippen LogP contribution in [0.15, 0.2) is 158 Å². The largest absolute Gasteiger partial charge is 0.524 e. The predicted molar refractivity (Wildman–Crippen MR) is 497 cm³/mol. The minimum absolute atomic E-state index is 0.162. The van der Waals surface area contributed by atoms with Gasteiger partial charge >= 0.3 is 19.9 Å². The number of nitrogens with zero attached hydrogens (tertiary/aromatic N) is 1. The number of likely N-dealkylation sites (N-methyl/N-ethyl adjacent to an activating group) is 1. The van der Waals surface area contributed by atoms with E-state index in [2.05, 4.69) is 41.7 Å². The number of aromatic hydroxyl groups is 1. The Balaban J connectivity index is 0.943. The fourth-order valence-electron chi connectivity index (χ4n) is 17.5. The van der Waals surface area contributed by atoms with Gasteiger partial charge in [0.1, 0.15) is 96.4 Å². The van der Waals surface area contributed by atoms with Crippen LogP contribution in [0.4, 0.5) is 4.79 Å². The van der Waals surface area contributed by atoms with Crippen molar-refractivity contribution in [2.45, 2.75) is 220 Å². The second-order valence-corrected chi connectivity index (χ2v) is 38.5. The van der Waals surface area contributed by atoms with E-state index in [1.54, 1.807) is 39.8 Å². The summed E-state index contributed by atoms with van der Waals surface area (Å²) in [5.41, 5.74) is 9.84. The zero-order valence-corrected chi connectivity index (χ0v) is 79.5. The summed E-state index contributed by atoms with van der Waals surface area (Å²) in [6.45, 7) is 8.14. The number of halogens is 3. The predicted octanol–water partition coefficient (Wildman–Crippen LogP) is 5.59. The number of carbonyl (C=O) groups is 9. The highest BCUT2D eigenvalue weighted by Gasteiger charge is 2.54. The highest BCUT2D eigenvalue weighted by molar-refractivity contribution is 7.46. The highest BCUT2D eigenvalue weighted by atomic mass is 35.5. The zero-order valence-electron chi connectivity index (χ0n) is 76.4. The van der Waals surface area contributed by atoms with Crippen LogP contribution >= 0.6 is 42.6 Å². The second-order valence-electron chi connectivity index (χ2n) is 36.1. The number of primary amides is 1. The van der Waals surface area contributed by atoms with Gasteiger partial charge in [-0.25, -0.2) is 14.2 Å². The molecule has 23 N–H and O–H groups in total. The smallest absolute Gasteiger partial charge is 0.508 e. The van der Waals surface area contributed by atoms with E-state index in [-0.39, 0.29) is 64.9 Å². The van der Waals surface area contributed by atoms with Crippen molar-refractivity contribution in [2.75, 3.05) is 13.7 Å². The molecule has 0 unspecified atom stereocenters. The first-order chi connectivity index (χ1) is 66.6. The number of carboxylic acid groups (broad SMARTS) is 1. The van der Waals surface area contributed by atoms with Gasteiger partial charge in [-0.15, -0.1) is 0 Å². The second kappa shape index (κ2) is 43.6. The van der Waals surface area contributed by atoms with Gasteiger partial charge in [0, 0.05) is 48.1 Å². The van der Waals surface area contributed by atoms with E-state index in [1.165, 1.54) is 57.3 Å². The van der Waals surface area contributed by atoms with Crippen molar-refractivity contribution in [1.29, 1.82) is 0 Å². The molecule has 0 spiro atoms. The minimum atomic E-state index is -4.97. The number of benzene rings is 8. The zero-order chi connectivity index (χ0) is 102. The third kappa shape index (κ3) is 24.2. The Morgan fingerprint density at radius 2 is 1.23 bits per heavy atom. The first-order valence-electron chi connectivity index (χ1n) is 44.5. The molecule has 3 fully saturated rings. The van der Waals surface area contributed by atoms with Crippen LogP contribution in [0.25, 0.3) is 22.3 Å². The molecular weight excluding hydrogens is 1930 g/mol. The summed E-state index contributed by atoms with van der Waals surface area (Å²) in [6.07, 6.45) is -27.8. The van der Waals surface area contributed by atoms with Gasteiger partial charge in [0.2, 0.25) is 53.4 Å². The summed E-state index contributed by atoms with van der Waals surface area (Å²) >= 11 is 21.0. The Kier molecular flexibility index (Phi) is 32.5. The fraction of sp³-hybridized carbons (Fsp3) is 0.400. The number of phosphoric ester groups is 1. The van der Waals surface area contributed by atoms with Gasteiger partial charge in [0.15, 0.2) is 42.5 Å². The summed E-state index contributed by atoms with van der Waals surface area (Å²) in [7, 11) is -3.80. The SMILES string of the molecule is CC(C)C[C@H](C(=O)N[C@H]1C(=O)N[C@@H](CC(N)=O)C(=O)N[C@H]2C(=O)N[C@H]3C(=O)N[C@H](C(=O)N[C@H](C(=O)O)c4cc(O)ccc4-c4cc3ccc4C(O)O)[C@H](O[C@H]3C[C@](C)(N)[C@@H](O)[C@H](C)O3)c3ccc(c(Cl)c3)Oc3cc2cc(c3O[C@@H]2O[C@H](CO)[C@@H](O)[C@H](O)[C@H]2O[C@H]2C[C@](C)(NCc3ccc(-c4ccc(Cl)cc4)cc3)[C@@H](O)[C@H](C)O2)Oc2ccc(cc2Cl)[C@H]1O)N(C)C(=O)OCc1ccc(OP(=O)(O)O)cc1. The van der Waals surface area contributed by atoms with Crippen molar-refractivity contribution < 1.29 is 156 Å². The Labute approximate surface area is 820 Å². The molecule has 0 aliphatic carbocycles. The number of hydrogen-bond donors (Lipinski definition) is 21. The van der Waals surface area contributed by atoms with E-state index in [1.807, 2.05) is 36.4 Å². The standard InChI is InChI=1S/C95H106Cl3N10O32P/c1-41(2)28-62(108(7)93(127)131-40-45-10-22-54(23-11-45)140-141(128,129)130)85(118)106-74-76(112)49-17-26-63(59(97)30-49)134-65-32-51-33-66(80(65)139-92-81(78(114)77(113)67(39-109)136-92)138-70-37-95(6,83(116)43(4)133-70)101-38-44-8-12-46(13-9-44)47-14-19-52(96)20-15-47)135-64-27-18-50(31-60(64)98)79(137-69-36-94(5,100)82(115)42(3)132-69)75-89(122)105-73(91(125)126)58-34-53(110)21-25-55(58)57-29-48(16-24-56(57)90(123)124)71(86(119)107-75)104-87(120)72(51)103-84(117)61(35-68(99)111)102-88(74)121/h8-27,29-34,41-43,61-62,67,69-79,81-83,90,92,101,109-110,112-116,123-124H,28,35-40,100H2,1-7H3,(H2,99,111)(H,102,121)(H,103,117)(H,104,120)(H,105,122)(H,106,118)(H,107,119)(H,125,126)(H2,128,129,130)/t42-,43-,61-,62+,67+,69-,70-,71+,72+,73-,74+,75-,76+,77+,78-,79+,81+,82-,83-,92-,94-,95-/m0/s1. The quantitative estimate of drug-likeness (QED) is 0.0259. The van der Waals surface area contributed by atoms with Gasteiger partial charge in [0.25, 0.3) is 0 Å². The molecule has 42 nitrogen and oxygen atoms in total. The van der Waals surface area contributed by atoms with Crippen molar-refractivity contribution in [2.24, 2.45) is 17.4 Å². The number of phenols is 1. The van der Waals surface area contributed by atoms with Crippen LogP contribution in [0, 0.1) is 5.92 Å². The first-order valence-corrected chi connectivity index (χ1v) is 47.2. The molecule has 8 aliphatic rings. The molecule has 46 heteroatoms. The minimum Gasteiger partial charge on any atom is -0.508 e. The number of aliphatic hydroxyl groups is 8. The molecular formula is C95H106Cl3N10O32P. The Bertz CT molecular complexity index is 6070. The number of rotatable bonds is 24. The van der Waals surface area contributed by atoms with E-state index in [0.717, 1.165) is 94.4 Å². The monoisotopic (exact) mass is 2030 g/mol. The lowest BCUT2D eigenvalue weighted by Crippen LogP contribution is -2.65. The topological polar surface area (TPSA) is 645 Å². The number of carbonyl (C=O) groups excluding carboxylic acids is 8. The average molecular weight is 2040 g/mol. The van der Waals surface area contributed by atoms with Crippen molar-refractivity contribution >= 4 is 96.0 Å². The molecule has 8 aromatic carbocycles. The third-order valence-electron chi connectivity index (χ3n) is 25.1. The van der Waals surface area contributed by atoms with Crippen LogP contribution in [0.1, 0.15) is 148 Å². The van der Waals surface area contributed by atoms with Crippen LogP contribution in [0.5, 0.6) is 40.2 Å². The number of hydrogen-bond acceptors (Lipinski definition) is 31. The van der Waals surface area contributed by atoms with Crippen molar-refractivity contribution in [1.82, 2.24) is 42.1 Å². The normalized spacial score (nSPS) is 27.8. The van der Waals surface area contributed by atoms with Crippen molar-refractivity contribution in [3.63, 3.8) is 0 Å². The Hall–Kier alpha value is -11.8. The maximum atomic E-state index is 16.8. The van der Waals surface area contributed by atoms with Gasteiger partial charge < -0.3 is 147 Å². The van der Waals surface area contributed by atoms with E-state index >= 15 is 28.8 Å². The first kappa shape index (κ1) is 105. The molecule has 8 aliphatic heterocycles. The van der Waals surface area contributed by atoms with Crippen LogP contribution in [0.2, 0.25) is 15.1 Å². The molecule has 3 saturated heterocycles.